The summed E-state index contributed by atoms with van der Waals surface area (Å²) in [4.78, 5) is 40.2. The van der Waals surface area contributed by atoms with E-state index in [4.69, 9.17) is 22.3 Å². The van der Waals surface area contributed by atoms with Crippen LogP contribution in [-0.2, 0) is 12.8 Å². The van der Waals surface area contributed by atoms with Crippen molar-refractivity contribution in [3.05, 3.63) is 100 Å². The number of pyridine rings is 2. The van der Waals surface area contributed by atoms with Crippen LogP contribution in [0.5, 0.6) is 0 Å². The van der Waals surface area contributed by atoms with Crippen LogP contribution < -0.4 is 21.7 Å². The van der Waals surface area contributed by atoms with Gasteiger partial charge in [0, 0.05) is 82.7 Å². The number of rotatable bonds is 4. The Morgan fingerprint density at radius 3 is 1.67 bits per heavy atom. The Labute approximate surface area is 326 Å². The van der Waals surface area contributed by atoms with Gasteiger partial charge in [0.25, 0.3) is 11.8 Å². The number of para-hydroxylation sites is 2. The van der Waals surface area contributed by atoms with Gasteiger partial charge >= 0.3 is 0 Å². The molecule has 2 amide bonds. The summed E-state index contributed by atoms with van der Waals surface area (Å²) in [5.74, 6) is 0.924. The zero-order valence-electron chi connectivity index (χ0n) is 31.1. The lowest BCUT2D eigenvalue weighted by Gasteiger charge is -2.23. The molecule has 7 N–H and O–H groups in total. The maximum atomic E-state index is 12.1. The molecule has 10 rings (SSSR count). The van der Waals surface area contributed by atoms with E-state index < -0.39 is 0 Å². The molecule has 55 heavy (non-hydrogen) atoms. The molecule has 6 heterocycles. The van der Waals surface area contributed by atoms with E-state index in [0.717, 1.165) is 85.5 Å². The Kier molecular flexibility index (Phi) is 11.1. The van der Waals surface area contributed by atoms with Crippen molar-refractivity contribution in [3.8, 4) is 22.5 Å². The average Bonchev–Trinajstić information content (AvgIpc) is 3.85. The summed E-state index contributed by atoms with van der Waals surface area (Å²) in [5.41, 5.74) is 14.8. The molecule has 0 radical (unpaired) electrons. The Bertz CT molecular complexity index is 2320. The predicted octanol–water partition coefficient (Wildman–Crippen LogP) is 8.71. The lowest BCUT2D eigenvalue weighted by Crippen LogP contribution is -2.31. The summed E-state index contributed by atoms with van der Waals surface area (Å²) in [5, 5.41) is 12.0. The molecular formula is C44H49ClN8O2. The molecule has 2 saturated carbocycles. The first-order chi connectivity index (χ1) is 26.9. The SMILES string of the molecule is NC1CCCCC1.O=C1NCCc2[nH]c(-c3cccc4ccc(Cl)nc34)cc21.O=C1NCCc2[nH]c(-c3cccc4ccc(NC5CCCCC5)nc34)cc21. The second-order valence-electron chi connectivity index (χ2n) is 15.1. The number of aromatic nitrogens is 4. The lowest BCUT2D eigenvalue weighted by atomic mass is 9.95. The van der Waals surface area contributed by atoms with E-state index >= 15 is 0 Å². The number of nitrogens with two attached hydrogens (primary N) is 1. The Hall–Kier alpha value is -5.19. The van der Waals surface area contributed by atoms with Crippen molar-refractivity contribution in [3.63, 3.8) is 0 Å². The number of halogens is 1. The summed E-state index contributed by atoms with van der Waals surface area (Å²) in [6, 6.07) is 25.0. The fraction of sp³-hybridized carbons (Fsp3) is 0.364. The summed E-state index contributed by atoms with van der Waals surface area (Å²) in [6.07, 6.45) is 14.7. The molecule has 0 unspecified atom stereocenters. The quantitative estimate of drug-likeness (QED) is 0.0990. The van der Waals surface area contributed by atoms with E-state index in [1.807, 2.05) is 42.5 Å². The molecule has 2 fully saturated rings. The molecule has 4 aromatic heterocycles. The van der Waals surface area contributed by atoms with Crippen LogP contribution in [0.2, 0.25) is 5.15 Å². The number of benzene rings is 2. The number of carbonyl (C=O) groups excluding carboxylic acids is 2. The van der Waals surface area contributed by atoms with Gasteiger partial charge in [-0.3, -0.25) is 9.59 Å². The van der Waals surface area contributed by atoms with Gasteiger partial charge in [-0.15, -0.1) is 0 Å². The van der Waals surface area contributed by atoms with Gasteiger partial charge in [-0.05, 0) is 62.1 Å². The number of hydrogen-bond donors (Lipinski definition) is 6. The van der Waals surface area contributed by atoms with Crippen molar-refractivity contribution in [2.24, 2.45) is 5.73 Å². The summed E-state index contributed by atoms with van der Waals surface area (Å²) < 4.78 is 0. The molecule has 2 aromatic carbocycles. The van der Waals surface area contributed by atoms with Crippen molar-refractivity contribution >= 4 is 51.0 Å². The van der Waals surface area contributed by atoms with Crippen LogP contribution in [0, 0.1) is 0 Å². The molecule has 11 heteroatoms. The third kappa shape index (κ3) is 8.40. The number of aromatic amines is 2. The molecule has 284 valence electrons. The highest BCUT2D eigenvalue weighted by atomic mass is 35.5. The number of carbonyl (C=O) groups is 2. The summed E-state index contributed by atoms with van der Waals surface area (Å²) >= 11 is 6.02. The molecule has 2 aliphatic heterocycles. The number of fused-ring (bicyclic) bond motifs is 4. The lowest BCUT2D eigenvalue weighted by molar-refractivity contribution is 0.0937. The number of amides is 2. The minimum Gasteiger partial charge on any atom is -0.367 e. The number of anilines is 1. The molecule has 6 aromatic rings. The number of nitrogens with zero attached hydrogens (tertiary/aromatic N) is 2. The Balaban J connectivity index is 0.000000135. The van der Waals surface area contributed by atoms with E-state index in [2.05, 4.69) is 55.2 Å². The maximum Gasteiger partial charge on any atom is 0.253 e. The molecule has 10 nitrogen and oxygen atoms in total. The highest BCUT2D eigenvalue weighted by molar-refractivity contribution is 6.29. The van der Waals surface area contributed by atoms with Crippen LogP contribution in [0.3, 0.4) is 0 Å². The van der Waals surface area contributed by atoms with Gasteiger partial charge in [-0.1, -0.05) is 86.5 Å². The minimum atomic E-state index is -0.0232. The first-order valence-electron chi connectivity index (χ1n) is 19.9. The van der Waals surface area contributed by atoms with Gasteiger partial charge < -0.3 is 31.7 Å². The van der Waals surface area contributed by atoms with Gasteiger partial charge in [0.15, 0.2) is 0 Å². The van der Waals surface area contributed by atoms with E-state index in [1.54, 1.807) is 6.07 Å². The first-order valence-corrected chi connectivity index (χ1v) is 20.3. The number of H-pyrrole nitrogens is 2. The maximum absolute atomic E-state index is 12.1. The largest absolute Gasteiger partial charge is 0.367 e. The molecule has 0 atom stereocenters. The fourth-order valence-corrected chi connectivity index (χ4v) is 8.40. The monoisotopic (exact) mass is 756 g/mol. The van der Waals surface area contributed by atoms with Crippen LogP contribution in [0.15, 0.2) is 72.8 Å². The Morgan fingerprint density at radius 1 is 0.618 bits per heavy atom. The molecule has 0 spiro atoms. The molecule has 0 saturated heterocycles. The van der Waals surface area contributed by atoms with Crippen LogP contribution in [0.4, 0.5) is 5.82 Å². The second kappa shape index (κ2) is 16.7. The smallest absolute Gasteiger partial charge is 0.253 e. The number of hydrogen-bond acceptors (Lipinski definition) is 6. The summed E-state index contributed by atoms with van der Waals surface area (Å²) in [6.45, 7) is 1.36. The number of nitrogens with one attached hydrogen (secondary N) is 5. The zero-order chi connectivity index (χ0) is 37.7. The van der Waals surface area contributed by atoms with Gasteiger partial charge in [0.2, 0.25) is 0 Å². The first kappa shape index (κ1) is 36.8. The average molecular weight is 757 g/mol. The van der Waals surface area contributed by atoms with E-state index in [9.17, 15) is 9.59 Å². The van der Waals surface area contributed by atoms with E-state index in [0.29, 0.717) is 30.3 Å². The van der Waals surface area contributed by atoms with E-state index in [-0.39, 0.29) is 11.8 Å². The van der Waals surface area contributed by atoms with Crippen LogP contribution in [-0.4, -0.2) is 56.9 Å². The van der Waals surface area contributed by atoms with Gasteiger partial charge in [0.05, 0.1) is 22.2 Å². The summed E-state index contributed by atoms with van der Waals surface area (Å²) in [7, 11) is 0. The molecule has 4 aliphatic rings. The predicted molar refractivity (Wildman–Crippen MR) is 222 cm³/mol. The van der Waals surface area contributed by atoms with Crippen LogP contribution in [0.25, 0.3) is 44.3 Å². The van der Waals surface area contributed by atoms with Crippen LogP contribution in [0.1, 0.15) is 96.3 Å². The molecule has 0 bridgehead atoms. The molecule has 2 aliphatic carbocycles. The minimum absolute atomic E-state index is 0.00611. The van der Waals surface area contributed by atoms with Gasteiger partial charge in [-0.2, -0.15) is 0 Å². The zero-order valence-corrected chi connectivity index (χ0v) is 31.9. The van der Waals surface area contributed by atoms with Crippen molar-refractivity contribution in [2.45, 2.75) is 89.1 Å². The Morgan fingerprint density at radius 2 is 1.15 bits per heavy atom. The second-order valence-corrected chi connectivity index (χ2v) is 15.5. The van der Waals surface area contributed by atoms with Crippen molar-refractivity contribution in [2.75, 3.05) is 18.4 Å². The van der Waals surface area contributed by atoms with Crippen molar-refractivity contribution in [1.82, 2.24) is 30.6 Å². The van der Waals surface area contributed by atoms with Crippen LogP contribution >= 0.6 is 11.6 Å². The fourth-order valence-electron chi connectivity index (χ4n) is 8.25. The van der Waals surface area contributed by atoms with Crippen molar-refractivity contribution in [1.29, 1.82) is 0 Å². The van der Waals surface area contributed by atoms with Crippen molar-refractivity contribution < 1.29 is 9.59 Å². The third-order valence-electron chi connectivity index (χ3n) is 11.2. The third-order valence-corrected chi connectivity index (χ3v) is 11.4. The van der Waals surface area contributed by atoms with Gasteiger partial charge in [-0.25, -0.2) is 9.97 Å². The highest BCUT2D eigenvalue weighted by Gasteiger charge is 2.22. The van der Waals surface area contributed by atoms with Gasteiger partial charge in [0.1, 0.15) is 11.0 Å². The normalized spacial score (nSPS) is 17.2. The van der Waals surface area contributed by atoms with E-state index in [1.165, 1.54) is 64.2 Å². The topological polar surface area (TPSA) is 154 Å². The standard InChI is InChI=1S/C22H24N4O.C16H12ClN3O.C6H13N/c27-22-17-13-19(25-18(17)11-12-23-22)16-8-4-5-14-9-10-20(26-21(14)16)24-15-6-2-1-3-7-15;17-14-5-4-9-2-1-3-10(15(9)20-14)13-8-11-12(19-13)6-7-18-16(11)21;7-6-4-2-1-3-5-6/h4-5,8-10,13,15,25H,1-3,6-7,11-12H2,(H,23,27)(H,24,26);1-5,8,19H,6-7H2,(H,18,21);6H,1-5,7H2. The molecular weight excluding hydrogens is 708 g/mol. The highest BCUT2D eigenvalue weighted by Crippen LogP contribution is 2.32.